The third kappa shape index (κ3) is 4.38. The van der Waals surface area contributed by atoms with Crippen LogP contribution >= 0.6 is 0 Å². The van der Waals surface area contributed by atoms with E-state index in [-0.39, 0.29) is 11.2 Å². The number of aliphatic carboxylic acids is 1. The van der Waals surface area contributed by atoms with E-state index in [0.717, 1.165) is 0 Å². The number of nitrogens with one attached hydrogen (secondary N) is 1. The number of carboxylic acids is 1. The molecule has 0 radical (unpaired) electrons. The van der Waals surface area contributed by atoms with Crippen molar-refractivity contribution in [2.75, 3.05) is 12.8 Å². The molecule has 2 N–H and O–H groups in total. The molecule has 18 heavy (non-hydrogen) atoms. The van der Waals surface area contributed by atoms with Crippen LogP contribution in [0.2, 0.25) is 0 Å². The Bertz CT molecular complexity index is 346. The van der Waals surface area contributed by atoms with Crippen molar-refractivity contribution in [2.45, 2.75) is 43.6 Å². The van der Waals surface area contributed by atoms with Gasteiger partial charge in [0.1, 0.15) is 6.10 Å². The van der Waals surface area contributed by atoms with Crippen LogP contribution < -0.4 is 5.32 Å². The predicted molar refractivity (Wildman–Crippen MR) is 66.7 cm³/mol. The molecule has 1 fully saturated rings. The van der Waals surface area contributed by atoms with Crippen molar-refractivity contribution in [1.29, 1.82) is 0 Å². The van der Waals surface area contributed by atoms with E-state index in [2.05, 4.69) is 5.32 Å². The van der Waals surface area contributed by atoms with Gasteiger partial charge in [-0.25, -0.2) is 4.79 Å². The van der Waals surface area contributed by atoms with Gasteiger partial charge in [-0.3, -0.25) is 9.00 Å². The molecule has 0 aliphatic carbocycles. The van der Waals surface area contributed by atoms with Gasteiger partial charge in [0.05, 0.1) is 0 Å². The molecule has 0 bridgehead atoms. The quantitative estimate of drug-likeness (QED) is 0.707. The average molecular weight is 277 g/mol. The zero-order valence-corrected chi connectivity index (χ0v) is 11.4. The van der Waals surface area contributed by atoms with Crippen molar-refractivity contribution in [3.8, 4) is 0 Å². The summed E-state index contributed by atoms with van der Waals surface area (Å²) in [5, 5.41) is 11.4. The van der Waals surface area contributed by atoms with Crippen LogP contribution in [0.5, 0.6) is 0 Å². The minimum atomic E-state index is -1.03. The zero-order valence-electron chi connectivity index (χ0n) is 10.5. The van der Waals surface area contributed by atoms with E-state index in [4.69, 9.17) is 9.84 Å². The van der Waals surface area contributed by atoms with E-state index in [9.17, 15) is 13.8 Å². The van der Waals surface area contributed by atoms with Crippen LogP contribution in [0, 0.1) is 0 Å². The summed E-state index contributed by atoms with van der Waals surface area (Å²) in [6, 6.07) is 0. The van der Waals surface area contributed by atoms with Crippen LogP contribution in [-0.2, 0) is 25.1 Å². The number of carboxylic acid groups (broad SMARTS) is 1. The Labute approximate surface area is 109 Å². The van der Waals surface area contributed by atoms with Gasteiger partial charge in [-0.1, -0.05) is 6.92 Å². The molecule has 0 saturated carbocycles. The van der Waals surface area contributed by atoms with Crippen LogP contribution in [0.4, 0.5) is 0 Å². The van der Waals surface area contributed by atoms with Crippen LogP contribution in [-0.4, -0.2) is 51.5 Å². The molecule has 6 nitrogen and oxygen atoms in total. The lowest BCUT2D eigenvalue weighted by Gasteiger charge is -2.13. The molecule has 1 rings (SSSR count). The standard InChI is InChI=1S/C11H19NO5S/c1-7(18(2)16)5-6-12-10(13)8-3-4-9(17-8)11(14)15/h7-9H,3-6H2,1-2H3,(H,12,13)(H,14,15). The van der Waals surface area contributed by atoms with E-state index in [1.54, 1.807) is 6.26 Å². The second-order valence-corrected chi connectivity index (χ2v) is 6.22. The molecule has 0 spiro atoms. The molecule has 0 aromatic rings. The molecular formula is C11H19NO5S. The minimum Gasteiger partial charge on any atom is -0.479 e. The molecule has 0 aromatic heterocycles. The summed E-state index contributed by atoms with van der Waals surface area (Å²) in [5.41, 5.74) is 0. The van der Waals surface area contributed by atoms with Gasteiger partial charge in [-0.2, -0.15) is 0 Å². The maximum atomic E-state index is 11.7. The lowest BCUT2D eigenvalue weighted by molar-refractivity contribution is -0.151. The predicted octanol–water partition coefficient (Wildman–Crippen LogP) is -0.108. The summed E-state index contributed by atoms with van der Waals surface area (Å²) >= 11 is 0. The molecule has 7 heteroatoms. The fourth-order valence-corrected chi connectivity index (χ4v) is 2.14. The van der Waals surface area contributed by atoms with Crippen LogP contribution in [0.1, 0.15) is 26.2 Å². The average Bonchev–Trinajstić information content (AvgIpc) is 2.77. The normalized spacial score (nSPS) is 26.6. The summed E-state index contributed by atoms with van der Waals surface area (Å²) in [4.78, 5) is 22.3. The third-order valence-electron chi connectivity index (χ3n) is 3.00. The van der Waals surface area contributed by atoms with E-state index in [1.807, 2.05) is 6.92 Å². The highest BCUT2D eigenvalue weighted by Crippen LogP contribution is 2.19. The number of rotatable bonds is 6. The molecule has 1 heterocycles. The monoisotopic (exact) mass is 277 g/mol. The number of carbonyl (C=O) groups is 2. The molecular weight excluding hydrogens is 258 g/mol. The lowest BCUT2D eigenvalue weighted by Crippen LogP contribution is -2.37. The molecule has 104 valence electrons. The summed E-state index contributed by atoms with van der Waals surface area (Å²) in [5.74, 6) is -1.31. The Kier molecular flexibility index (Phi) is 5.74. The maximum Gasteiger partial charge on any atom is 0.332 e. The fourth-order valence-electron chi connectivity index (χ4n) is 1.69. The minimum absolute atomic E-state index is 0.0292. The van der Waals surface area contributed by atoms with Gasteiger partial charge < -0.3 is 15.2 Å². The van der Waals surface area contributed by atoms with Gasteiger partial charge in [0.2, 0.25) is 5.91 Å². The van der Waals surface area contributed by atoms with Gasteiger partial charge in [-0.05, 0) is 19.3 Å². The number of hydrogen-bond donors (Lipinski definition) is 2. The molecule has 4 unspecified atom stereocenters. The topological polar surface area (TPSA) is 92.7 Å². The first-order valence-electron chi connectivity index (χ1n) is 5.90. The molecule has 1 aliphatic rings. The molecule has 4 atom stereocenters. The first kappa shape index (κ1) is 15.1. The Morgan fingerprint density at radius 2 is 2.06 bits per heavy atom. The molecule has 0 aromatic carbocycles. The molecule has 1 saturated heterocycles. The fraction of sp³-hybridized carbons (Fsp3) is 0.818. The summed E-state index contributed by atoms with van der Waals surface area (Å²) < 4.78 is 16.2. The van der Waals surface area contributed by atoms with Crippen molar-refractivity contribution in [2.24, 2.45) is 0 Å². The molecule has 1 aliphatic heterocycles. The van der Waals surface area contributed by atoms with Crippen LogP contribution in [0.25, 0.3) is 0 Å². The first-order chi connectivity index (χ1) is 8.41. The highest BCUT2D eigenvalue weighted by Gasteiger charge is 2.34. The highest BCUT2D eigenvalue weighted by atomic mass is 32.2. The van der Waals surface area contributed by atoms with Gasteiger partial charge in [-0.15, -0.1) is 0 Å². The second kappa shape index (κ2) is 6.84. The highest BCUT2D eigenvalue weighted by molar-refractivity contribution is 7.84. The van der Waals surface area contributed by atoms with Crippen molar-refractivity contribution in [3.05, 3.63) is 0 Å². The lowest BCUT2D eigenvalue weighted by atomic mass is 10.2. The Morgan fingerprint density at radius 3 is 2.56 bits per heavy atom. The third-order valence-corrected chi connectivity index (χ3v) is 4.37. The van der Waals surface area contributed by atoms with Gasteiger partial charge in [0.15, 0.2) is 6.10 Å². The van der Waals surface area contributed by atoms with Gasteiger partial charge >= 0.3 is 5.97 Å². The van der Waals surface area contributed by atoms with E-state index >= 15 is 0 Å². The maximum absolute atomic E-state index is 11.7. The second-order valence-electron chi connectivity index (χ2n) is 4.42. The smallest absolute Gasteiger partial charge is 0.332 e. The van der Waals surface area contributed by atoms with E-state index in [0.29, 0.717) is 25.8 Å². The summed E-state index contributed by atoms with van der Waals surface area (Å²) in [6.45, 7) is 2.28. The van der Waals surface area contributed by atoms with Gasteiger partial charge in [0, 0.05) is 28.9 Å². The summed E-state index contributed by atoms with van der Waals surface area (Å²) in [7, 11) is -0.899. The SMILES string of the molecule is CC(CCNC(=O)C1CCC(C(=O)O)O1)S(C)=O. The number of hydrogen-bond acceptors (Lipinski definition) is 4. The van der Waals surface area contributed by atoms with E-state index in [1.165, 1.54) is 0 Å². The number of amides is 1. The van der Waals surface area contributed by atoms with Crippen molar-refractivity contribution in [1.82, 2.24) is 5.32 Å². The Balaban J connectivity index is 2.26. The molecule has 1 amide bonds. The Hall–Kier alpha value is -0.950. The van der Waals surface area contributed by atoms with Crippen LogP contribution in [0.15, 0.2) is 0 Å². The number of ether oxygens (including phenoxy) is 1. The van der Waals surface area contributed by atoms with Crippen molar-refractivity contribution in [3.63, 3.8) is 0 Å². The van der Waals surface area contributed by atoms with Crippen molar-refractivity contribution >= 4 is 22.7 Å². The van der Waals surface area contributed by atoms with E-state index < -0.39 is 29.0 Å². The first-order valence-corrected chi connectivity index (χ1v) is 7.52. The Morgan fingerprint density at radius 1 is 1.44 bits per heavy atom. The van der Waals surface area contributed by atoms with Gasteiger partial charge in [0.25, 0.3) is 0 Å². The largest absolute Gasteiger partial charge is 0.479 e. The van der Waals surface area contributed by atoms with Crippen molar-refractivity contribution < 1.29 is 23.6 Å². The summed E-state index contributed by atoms with van der Waals surface area (Å²) in [6.07, 6.45) is 1.51. The zero-order chi connectivity index (χ0) is 13.7. The number of carbonyl (C=O) groups excluding carboxylic acids is 1. The van der Waals surface area contributed by atoms with Crippen LogP contribution in [0.3, 0.4) is 0 Å².